The fourth-order valence-corrected chi connectivity index (χ4v) is 1.53. The second kappa shape index (κ2) is 4.89. The average molecular weight is 229 g/mol. The second-order valence-corrected chi connectivity index (χ2v) is 4.80. The molecular weight excluding hydrogens is 212 g/mol. The molecule has 16 heavy (non-hydrogen) atoms. The minimum atomic E-state index is -0.643. The lowest BCUT2D eigenvalue weighted by atomic mass is 10.0. The highest BCUT2D eigenvalue weighted by molar-refractivity contribution is 5.22. The van der Waals surface area contributed by atoms with E-state index in [1.54, 1.807) is 0 Å². The summed E-state index contributed by atoms with van der Waals surface area (Å²) >= 11 is 0. The predicted octanol–water partition coefficient (Wildman–Crippen LogP) is 2.39. The summed E-state index contributed by atoms with van der Waals surface area (Å²) in [6.45, 7) is 5.51. The molecule has 0 fully saturated rings. The molecule has 2 nitrogen and oxygen atoms in total. The molecule has 0 aliphatic carbocycles. The van der Waals surface area contributed by atoms with E-state index >= 15 is 0 Å². The Labute approximate surface area is 94.3 Å². The van der Waals surface area contributed by atoms with Gasteiger partial charge in [0, 0.05) is 17.2 Å². The number of rotatable bonds is 3. The highest BCUT2D eigenvalue weighted by atomic mass is 19.1. The maximum absolute atomic E-state index is 13.5. The van der Waals surface area contributed by atoms with Gasteiger partial charge < -0.3 is 10.4 Å². The van der Waals surface area contributed by atoms with Gasteiger partial charge >= 0.3 is 0 Å². The van der Waals surface area contributed by atoms with E-state index in [2.05, 4.69) is 5.32 Å². The normalized spacial score (nSPS) is 13.9. The largest absolute Gasteiger partial charge is 0.394 e. The molecule has 1 aromatic carbocycles. The molecule has 0 aromatic heterocycles. The van der Waals surface area contributed by atoms with Gasteiger partial charge in [-0.2, -0.15) is 0 Å². The number of aliphatic hydroxyl groups excluding tert-OH is 1. The molecule has 0 spiro atoms. The lowest BCUT2D eigenvalue weighted by molar-refractivity contribution is 0.214. The lowest BCUT2D eigenvalue weighted by Gasteiger charge is -2.27. The average Bonchev–Trinajstić information content (AvgIpc) is 2.13. The molecule has 1 atom stereocenters. The first kappa shape index (κ1) is 13.1. The maximum atomic E-state index is 13.5. The standard InChI is InChI=1S/C12H17F2NO/c1-12(2,3)15-11(7-16)9-5-4-8(13)6-10(9)14/h4-6,11,15-16H,7H2,1-3H3/t11-/m1/s1. The van der Waals surface area contributed by atoms with Crippen molar-refractivity contribution in [2.24, 2.45) is 0 Å². The Bertz CT molecular complexity index is 361. The number of benzene rings is 1. The van der Waals surface area contributed by atoms with Crippen LogP contribution in [0.15, 0.2) is 18.2 Å². The molecule has 4 heteroatoms. The maximum Gasteiger partial charge on any atom is 0.130 e. The minimum Gasteiger partial charge on any atom is -0.394 e. The zero-order valence-corrected chi connectivity index (χ0v) is 9.72. The van der Waals surface area contributed by atoms with E-state index in [0.717, 1.165) is 6.07 Å². The van der Waals surface area contributed by atoms with Gasteiger partial charge in [0.25, 0.3) is 0 Å². The molecule has 0 radical (unpaired) electrons. The first-order valence-electron chi connectivity index (χ1n) is 5.17. The summed E-state index contributed by atoms with van der Waals surface area (Å²) in [6.07, 6.45) is 0. The molecule has 1 aromatic rings. The summed E-state index contributed by atoms with van der Waals surface area (Å²) in [7, 11) is 0. The van der Waals surface area contributed by atoms with Crippen molar-refractivity contribution in [1.29, 1.82) is 0 Å². The Kier molecular flexibility index (Phi) is 3.99. The van der Waals surface area contributed by atoms with Crippen LogP contribution in [0.4, 0.5) is 8.78 Å². The third-order valence-electron chi connectivity index (χ3n) is 2.13. The first-order chi connectivity index (χ1) is 7.33. The van der Waals surface area contributed by atoms with Crippen molar-refractivity contribution in [3.63, 3.8) is 0 Å². The van der Waals surface area contributed by atoms with Gasteiger partial charge in [-0.05, 0) is 26.8 Å². The highest BCUT2D eigenvalue weighted by Crippen LogP contribution is 2.20. The highest BCUT2D eigenvalue weighted by Gasteiger charge is 2.20. The number of halogens is 2. The number of aliphatic hydroxyl groups is 1. The van der Waals surface area contributed by atoms with Crippen LogP contribution >= 0.6 is 0 Å². The SMILES string of the molecule is CC(C)(C)N[C@H](CO)c1ccc(F)cc1F. The van der Waals surface area contributed by atoms with Crippen molar-refractivity contribution < 1.29 is 13.9 Å². The molecular formula is C12H17F2NO. The number of hydrogen-bond donors (Lipinski definition) is 2. The zero-order valence-electron chi connectivity index (χ0n) is 9.72. The Morgan fingerprint density at radius 3 is 2.38 bits per heavy atom. The smallest absolute Gasteiger partial charge is 0.130 e. The van der Waals surface area contributed by atoms with Crippen molar-refractivity contribution in [2.75, 3.05) is 6.61 Å². The summed E-state index contributed by atoms with van der Waals surface area (Å²) in [4.78, 5) is 0. The number of hydrogen-bond acceptors (Lipinski definition) is 2. The van der Waals surface area contributed by atoms with Crippen LogP contribution in [0.2, 0.25) is 0 Å². The number of nitrogens with one attached hydrogen (secondary N) is 1. The minimum absolute atomic E-state index is 0.236. The van der Waals surface area contributed by atoms with Crippen LogP contribution in [-0.2, 0) is 0 Å². The lowest BCUT2D eigenvalue weighted by Crippen LogP contribution is -2.40. The predicted molar refractivity (Wildman–Crippen MR) is 59.1 cm³/mol. The Morgan fingerprint density at radius 1 is 1.31 bits per heavy atom. The van der Waals surface area contributed by atoms with Gasteiger partial charge in [0.15, 0.2) is 0 Å². The van der Waals surface area contributed by atoms with E-state index < -0.39 is 17.7 Å². The Balaban J connectivity index is 2.95. The van der Waals surface area contributed by atoms with Crippen LogP contribution in [0.25, 0.3) is 0 Å². The van der Waals surface area contributed by atoms with Gasteiger partial charge in [-0.15, -0.1) is 0 Å². The molecule has 0 aliphatic heterocycles. The second-order valence-electron chi connectivity index (χ2n) is 4.80. The Morgan fingerprint density at radius 2 is 1.94 bits per heavy atom. The van der Waals surface area contributed by atoms with E-state index in [9.17, 15) is 13.9 Å². The monoisotopic (exact) mass is 229 g/mol. The van der Waals surface area contributed by atoms with Crippen LogP contribution < -0.4 is 5.32 Å². The summed E-state index contributed by atoms with van der Waals surface area (Å²) in [5.74, 6) is -1.26. The van der Waals surface area contributed by atoms with Crippen molar-refractivity contribution in [2.45, 2.75) is 32.4 Å². The topological polar surface area (TPSA) is 32.3 Å². The van der Waals surface area contributed by atoms with Gasteiger partial charge in [0.2, 0.25) is 0 Å². The van der Waals surface area contributed by atoms with Gasteiger partial charge in [-0.1, -0.05) is 6.07 Å². The fourth-order valence-electron chi connectivity index (χ4n) is 1.53. The van der Waals surface area contributed by atoms with Crippen molar-refractivity contribution in [3.8, 4) is 0 Å². The van der Waals surface area contributed by atoms with Gasteiger partial charge in [0.1, 0.15) is 11.6 Å². The molecule has 90 valence electrons. The fraction of sp³-hybridized carbons (Fsp3) is 0.500. The van der Waals surface area contributed by atoms with Gasteiger partial charge in [-0.25, -0.2) is 8.78 Å². The first-order valence-corrected chi connectivity index (χ1v) is 5.17. The van der Waals surface area contributed by atoms with Crippen LogP contribution in [0, 0.1) is 11.6 Å². The van der Waals surface area contributed by atoms with Gasteiger partial charge in [0.05, 0.1) is 12.6 Å². The van der Waals surface area contributed by atoms with Crippen molar-refractivity contribution in [3.05, 3.63) is 35.4 Å². The molecule has 0 saturated carbocycles. The van der Waals surface area contributed by atoms with Crippen molar-refractivity contribution >= 4 is 0 Å². The quantitative estimate of drug-likeness (QED) is 0.834. The van der Waals surface area contributed by atoms with Crippen LogP contribution in [-0.4, -0.2) is 17.3 Å². The molecule has 2 N–H and O–H groups in total. The van der Waals surface area contributed by atoms with E-state index in [0.29, 0.717) is 0 Å². The summed E-state index contributed by atoms with van der Waals surface area (Å²) in [5, 5.41) is 12.3. The van der Waals surface area contributed by atoms with Crippen molar-refractivity contribution in [1.82, 2.24) is 5.32 Å². The summed E-state index contributed by atoms with van der Waals surface area (Å²) < 4.78 is 26.2. The third-order valence-corrected chi connectivity index (χ3v) is 2.13. The van der Waals surface area contributed by atoms with E-state index in [1.807, 2.05) is 20.8 Å². The van der Waals surface area contributed by atoms with Crippen LogP contribution in [0.1, 0.15) is 32.4 Å². The van der Waals surface area contributed by atoms with E-state index in [4.69, 9.17) is 0 Å². The van der Waals surface area contributed by atoms with Crippen LogP contribution in [0.3, 0.4) is 0 Å². The molecule has 0 saturated heterocycles. The molecule has 0 amide bonds. The molecule has 0 bridgehead atoms. The van der Waals surface area contributed by atoms with Crippen LogP contribution in [0.5, 0.6) is 0 Å². The molecule has 1 rings (SSSR count). The summed E-state index contributed by atoms with van der Waals surface area (Å²) in [6, 6.07) is 2.83. The zero-order chi connectivity index (χ0) is 12.3. The molecule has 0 aliphatic rings. The third kappa shape index (κ3) is 3.54. The molecule has 0 unspecified atom stereocenters. The van der Waals surface area contributed by atoms with E-state index in [1.165, 1.54) is 12.1 Å². The van der Waals surface area contributed by atoms with E-state index in [-0.39, 0.29) is 17.7 Å². The Hall–Kier alpha value is -1.00. The molecule has 0 heterocycles. The van der Waals surface area contributed by atoms with Gasteiger partial charge in [-0.3, -0.25) is 0 Å². The summed E-state index contributed by atoms with van der Waals surface area (Å²) in [5.41, 5.74) is 0.0210.